The first-order chi connectivity index (χ1) is 8.25. The summed E-state index contributed by atoms with van der Waals surface area (Å²) in [6.45, 7) is 8.87. The fraction of sp³-hybridized carbons (Fsp3) is 0.714. The molecule has 0 saturated heterocycles. The molecule has 0 radical (unpaired) electrons. The van der Waals surface area contributed by atoms with Crippen LogP contribution in [0.25, 0.3) is 0 Å². The fourth-order valence-corrected chi connectivity index (χ4v) is 2.18. The van der Waals surface area contributed by atoms with Crippen molar-refractivity contribution in [1.29, 1.82) is 0 Å². The zero-order chi connectivity index (χ0) is 12.1. The van der Waals surface area contributed by atoms with E-state index in [4.69, 9.17) is 4.42 Å². The van der Waals surface area contributed by atoms with Crippen LogP contribution in [0.4, 0.5) is 0 Å². The summed E-state index contributed by atoms with van der Waals surface area (Å²) < 4.78 is 5.29. The van der Waals surface area contributed by atoms with Crippen LogP contribution in [0.15, 0.2) is 22.8 Å². The molecule has 3 nitrogen and oxygen atoms in total. The Morgan fingerprint density at radius 2 is 2.29 bits per heavy atom. The van der Waals surface area contributed by atoms with Crippen molar-refractivity contribution < 1.29 is 4.42 Å². The zero-order valence-corrected chi connectivity index (χ0v) is 11.0. The van der Waals surface area contributed by atoms with E-state index in [9.17, 15) is 0 Å². The van der Waals surface area contributed by atoms with E-state index in [2.05, 4.69) is 24.1 Å². The van der Waals surface area contributed by atoms with Gasteiger partial charge in [-0.05, 0) is 30.9 Å². The lowest BCUT2D eigenvalue weighted by atomic mass is 10.2. The fourth-order valence-electron chi connectivity index (χ4n) is 2.18. The van der Waals surface area contributed by atoms with Crippen LogP contribution in [-0.2, 0) is 6.54 Å². The Hall–Kier alpha value is -0.800. The molecule has 1 aliphatic carbocycles. The number of rotatable bonds is 8. The molecule has 0 aromatic carbocycles. The highest BCUT2D eigenvalue weighted by atomic mass is 16.3. The van der Waals surface area contributed by atoms with Crippen molar-refractivity contribution in [3.63, 3.8) is 0 Å². The van der Waals surface area contributed by atoms with E-state index in [0.29, 0.717) is 0 Å². The highest BCUT2D eigenvalue weighted by Crippen LogP contribution is 2.26. The molecule has 96 valence electrons. The second-order valence-electron chi connectivity index (χ2n) is 5.38. The van der Waals surface area contributed by atoms with Crippen LogP contribution < -0.4 is 5.32 Å². The van der Waals surface area contributed by atoms with Crippen molar-refractivity contribution in [2.75, 3.05) is 19.6 Å². The average molecular weight is 236 g/mol. The van der Waals surface area contributed by atoms with Crippen molar-refractivity contribution in [1.82, 2.24) is 10.2 Å². The van der Waals surface area contributed by atoms with Gasteiger partial charge >= 0.3 is 0 Å². The van der Waals surface area contributed by atoms with Gasteiger partial charge in [0.25, 0.3) is 0 Å². The van der Waals surface area contributed by atoms with Gasteiger partial charge < -0.3 is 9.73 Å². The molecule has 1 fully saturated rings. The summed E-state index contributed by atoms with van der Waals surface area (Å²) in [5.41, 5.74) is 0. The summed E-state index contributed by atoms with van der Waals surface area (Å²) in [6, 6.07) is 4.81. The predicted molar refractivity (Wildman–Crippen MR) is 69.8 cm³/mol. The maximum Gasteiger partial charge on any atom is 0.117 e. The molecule has 0 amide bonds. The quantitative estimate of drug-likeness (QED) is 0.703. The molecule has 3 heteroatoms. The number of nitrogens with zero attached hydrogens (tertiary/aromatic N) is 1. The van der Waals surface area contributed by atoms with Gasteiger partial charge in [-0.25, -0.2) is 0 Å². The summed E-state index contributed by atoms with van der Waals surface area (Å²) in [5, 5.41) is 3.44. The van der Waals surface area contributed by atoms with E-state index in [-0.39, 0.29) is 0 Å². The van der Waals surface area contributed by atoms with Crippen LogP contribution in [0.3, 0.4) is 0 Å². The van der Waals surface area contributed by atoms with Crippen LogP contribution in [0.2, 0.25) is 0 Å². The van der Waals surface area contributed by atoms with Crippen LogP contribution >= 0.6 is 0 Å². The minimum Gasteiger partial charge on any atom is -0.468 e. The molecule has 1 N–H and O–H groups in total. The molecule has 1 saturated carbocycles. The standard InChI is InChI=1S/C14H24N2O/c1-12(2)11-16(13-5-6-13)8-7-15-10-14-4-3-9-17-14/h3-4,9,12-13,15H,5-8,10-11H2,1-2H3. The Morgan fingerprint density at radius 1 is 1.47 bits per heavy atom. The summed E-state index contributed by atoms with van der Waals surface area (Å²) in [5.74, 6) is 1.78. The van der Waals surface area contributed by atoms with Crippen molar-refractivity contribution in [3.8, 4) is 0 Å². The summed E-state index contributed by atoms with van der Waals surface area (Å²) in [7, 11) is 0. The van der Waals surface area contributed by atoms with E-state index in [1.54, 1.807) is 6.26 Å². The van der Waals surface area contributed by atoms with Crippen LogP contribution in [0, 0.1) is 5.92 Å². The third-order valence-corrected chi connectivity index (χ3v) is 3.12. The number of nitrogens with one attached hydrogen (secondary N) is 1. The largest absolute Gasteiger partial charge is 0.468 e. The first-order valence-corrected chi connectivity index (χ1v) is 6.73. The molecule has 1 aliphatic rings. The van der Waals surface area contributed by atoms with Crippen LogP contribution in [0.1, 0.15) is 32.4 Å². The lowest BCUT2D eigenvalue weighted by molar-refractivity contribution is 0.233. The normalized spacial score (nSPS) is 16.0. The molecule has 0 aliphatic heterocycles. The minimum absolute atomic E-state index is 0.765. The molecule has 1 aromatic heterocycles. The molecule has 17 heavy (non-hydrogen) atoms. The van der Waals surface area contributed by atoms with Crippen molar-refractivity contribution in [2.45, 2.75) is 39.3 Å². The molecule has 0 bridgehead atoms. The third-order valence-electron chi connectivity index (χ3n) is 3.12. The monoisotopic (exact) mass is 236 g/mol. The van der Waals surface area contributed by atoms with Gasteiger partial charge in [0.15, 0.2) is 0 Å². The van der Waals surface area contributed by atoms with Crippen LogP contribution in [0.5, 0.6) is 0 Å². The van der Waals surface area contributed by atoms with Gasteiger partial charge in [0, 0.05) is 25.7 Å². The molecule has 1 aromatic rings. The maximum atomic E-state index is 5.29. The van der Waals surface area contributed by atoms with Crippen molar-refractivity contribution in [2.24, 2.45) is 5.92 Å². The summed E-state index contributed by atoms with van der Waals surface area (Å²) in [6.07, 6.45) is 4.52. The Labute approximate surface area is 104 Å². The number of furan rings is 1. The molecule has 0 atom stereocenters. The predicted octanol–water partition coefficient (Wildman–Crippen LogP) is 2.49. The lowest BCUT2D eigenvalue weighted by Crippen LogP contribution is -2.36. The number of hydrogen-bond acceptors (Lipinski definition) is 3. The van der Waals surface area contributed by atoms with E-state index < -0.39 is 0 Å². The Morgan fingerprint density at radius 3 is 2.88 bits per heavy atom. The minimum atomic E-state index is 0.765. The second-order valence-corrected chi connectivity index (χ2v) is 5.38. The highest BCUT2D eigenvalue weighted by Gasteiger charge is 2.28. The zero-order valence-electron chi connectivity index (χ0n) is 11.0. The van der Waals surface area contributed by atoms with E-state index in [1.165, 1.54) is 19.4 Å². The van der Waals surface area contributed by atoms with Gasteiger partial charge in [0.2, 0.25) is 0 Å². The Bertz CT molecular complexity index is 304. The summed E-state index contributed by atoms with van der Waals surface area (Å²) in [4.78, 5) is 2.62. The molecule has 1 heterocycles. The molecule has 2 rings (SSSR count). The molecule has 0 unspecified atom stereocenters. The van der Waals surface area contributed by atoms with E-state index >= 15 is 0 Å². The molecular weight excluding hydrogens is 212 g/mol. The smallest absolute Gasteiger partial charge is 0.117 e. The van der Waals surface area contributed by atoms with E-state index in [1.807, 2.05) is 12.1 Å². The topological polar surface area (TPSA) is 28.4 Å². The van der Waals surface area contributed by atoms with Gasteiger partial charge in [0.05, 0.1) is 12.8 Å². The lowest BCUT2D eigenvalue weighted by Gasteiger charge is -2.24. The first-order valence-electron chi connectivity index (χ1n) is 6.73. The first kappa shape index (κ1) is 12.7. The number of hydrogen-bond donors (Lipinski definition) is 1. The van der Waals surface area contributed by atoms with Gasteiger partial charge in [-0.1, -0.05) is 13.8 Å². The van der Waals surface area contributed by atoms with Gasteiger partial charge in [-0.3, -0.25) is 4.90 Å². The Balaban J connectivity index is 1.62. The summed E-state index contributed by atoms with van der Waals surface area (Å²) >= 11 is 0. The van der Waals surface area contributed by atoms with E-state index in [0.717, 1.165) is 37.4 Å². The van der Waals surface area contributed by atoms with Gasteiger partial charge in [-0.15, -0.1) is 0 Å². The van der Waals surface area contributed by atoms with Crippen molar-refractivity contribution in [3.05, 3.63) is 24.2 Å². The van der Waals surface area contributed by atoms with Crippen molar-refractivity contribution >= 4 is 0 Å². The van der Waals surface area contributed by atoms with Gasteiger partial charge in [-0.2, -0.15) is 0 Å². The third kappa shape index (κ3) is 4.52. The Kier molecular flexibility index (Phi) is 4.63. The molecular formula is C14H24N2O. The average Bonchev–Trinajstić information content (AvgIpc) is 3.00. The van der Waals surface area contributed by atoms with Gasteiger partial charge in [0.1, 0.15) is 5.76 Å². The maximum absolute atomic E-state index is 5.29. The molecule has 0 spiro atoms. The van der Waals surface area contributed by atoms with Crippen LogP contribution in [-0.4, -0.2) is 30.6 Å². The SMILES string of the molecule is CC(C)CN(CCNCc1ccco1)C1CC1. The second kappa shape index (κ2) is 6.22. The highest BCUT2D eigenvalue weighted by molar-refractivity contribution is 4.97.